The lowest BCUT2D eigenvalue weighted by Gasteiger charge is -2.29. The van der Waals surface area contributed by atoms with Crippen molar-refractivity contribution in [3.05, 3.63) is 29.0 Å². The standard InChI is InChI=1S/C15H17BrN4O/c16-13-14(10-2-1-5-17-8-10)19-20-12(3-6-18-15(13)20)11-4-7-21-9-11/h1-2,5,8,11-12,18H,3-4,6-7,9H2. The summed E-state index contributed by atoms with van der Waals surface area (Å²) in [5.74, 6) is 1.65. The van der Waals surface area contributed by atoms with Crippen molar-refractivity contribution in [1.82, 2.24) is 14.8 Å². The van der Waals surface area contributed by atoms with Gasteiger partial charge in [-0.25, -0.2) is 4.68 Å². The summed E-state index contributed by atoms with van der Waals surface area (Å²) in [4.78, 5) is 4.19. The van der Waals surface area contributed by atoms with E-state index in [9.17, 15) is 0 Å². The average molecular weight is 349 g/mol. The van der Waals surface area contributed by atoms with Gasteiger partial charge in [0.05, 0.1) is 17.1 Å². The number of hydrogen-bond donors (Lipinski definition) is 1. The number of nitrogens with one attached hydrogen (secondary N) is 1. The number of halogens is 1. The van der Waals surface area contributed by atoms with Crippen molar-refractivity contribution in [1.29, 1.82) is 0 Å². The summed E-state index contributed by atoms with van der Waals surface area (Å²) in [7, 11) is 0. The first-order valence-corrected chi connectivity index (χ1v) is 8.14. The smallest absolute Gasteiger partial charge is 0.139 e. The van der Waals surface area contributed by atoms with Crippen LogP contribution in [0.25, 0.3) is 11.3 Å². The maximum Gasteiger partial charge on any atom is 0.139 e. The van der Waals surface area contributed by atoms with E-state index in [0.717, 1.165) is 54.1 Å². The van der Waals surface area contributed by atoms with Crippen molar-refractivity contribution in [3.8, 4) is 11.3 Å². The Hall–Kier alpha value is -1.40. The van der Waals surface area contributed by atoms with Gasteiger partial charge in [0.2, 0.25) is 0 Å². The van der Waals surface area contributed by atoms with E-state index in [1.807, 2.05) is 18.3 Å². The zero-order valence-corrected chi connectivity index (χ0v) is 13.2. The van der Waals surface area contributed by atoms with E-state index in [1.165, 1.54) is 0 Å². The van der Waals surface area contributed by atoms with Gasteiger partial charge in [-0.15, -0.1) is 0 Å². The van der Waals surface area contributed by atoms with Crippen LogP contribution in [0.5, 0.6) is 0 Å². The molecular weight excluding hydrogens is 332 g/mol. The van der Waals surface area contributed by atoms with Crippen LogP contribution in [0.3, 0.4) is 0 Å². The van der Waals surface area contributed by atoms with Gasteiger partial charge < -0.3 is 10.1 Å². The Labute approximate surface area is 131 Å². The number of anilines is 1. The van der Waals surface area contributed by atoms with Gasteiger partial charge in [-0.1, -0.05) is 0 Å². The quantitative estimate of drug-likeness (QED) is 0.905. The fraction of sp³-hybridized carbons (Fsp3) is 0.467. The highest BCUT2D eigenvalue weighted by atomic mass is 79.9. The molecule has 0 aliphatic carbocycles. The molecule has 2 aliphatic rings. The summed E-state index contributed by atoms with van der Waals surface area (Å²) >= 11 is 3.70. The molecule has 6 heteroatoms. The second-order valence-electron chi connectivity index (χ2n) is 5.60. The van der Waals surface area contributed by atoms with Crippen LogP contribution < -0.4 is 5.32 Å². The van der Waals surface area contributed by atoms with Crippen LogP contribution in [0.4, 0.5) is 5.82 Å². The summed E-state index contributed by atoms with van der Waals surface area (Å²) in [6.07, 6.45) is 5.86. The average Bonchev–Trinajstić information content (AvgIpc) is 3.17. The number of rotatable bonds is 2. The summed E-state index contributed by atoms with van der Waals surface area (Å²) in [5, 5.41) is 8.33. The van der Waals surface area contributed by atoms with Gasteiger partial charge in [0.15, 0.2) is 0 Å². The van der Waals surface area contributed by atoms with Crippen LogP contribution in [-0.2, 0) is 4.74 Å². The van der Waals surface area contributed by atoms with Crippen LogP contribution in [-0.4, -0.2) is 34.5 Å². The molecule has 0 saturated carbocycles. The van der Waals surface area contributed by atoms with Crippen LogP contribution in [0.2, 0.25) is 0 Å². The number of pyridine rings is 1. The summed E-state index contributed by atoms with van der Waals surface area (Å²) in [6, 6.07) is 4.40. The monoisotopic (exact) mass is 348 g/mol. The molecule has 1 fully saturated rings. The Kier molecular flexibility index (Phi) is 3.43. The summed E-state index contributed by atoms with van der Waals surface area (Å²) < 4.78 is 8.74. The van der Waals surface area contributed by atoms with Gasteiger partial charge in [0.25, 0.3) is 0 Å². The SMILES string of the molecule is Brc1c(-c2cccnc2)nn2c1NCCC2C1CCOC1. The van der Waals surface area contributed by atoms with Crippen molar-refractivity contribution >= 4 is 21.7 Å². The van der Waals surface area contributed by atoms with Crippen LogP contribution in [0.1, 0.15) is 18.9 Å². The third-order valence-electron chi connectivity index (χ3n) is 4.34. The molecule has 2 aliphatic heterocycles. The highest BCUT2D eigenvalue weighted by Gasteiger charge is 2.33. The fourth-order valence-corrected chi connectivity index (χ4v) is 3.88. The van der Waals surface area contributed by atoms with Crippen molar-refractivity contribution < 1.29 is 4.74 Å². The topological polar surface area (TPSA) is 52.0 Å². The van der Waals surface area contributed by atoms with E-state index >= 15 is 0 Å². The summed E-state index contributed by atoms with van der Waals surface area (Å²) in [5.41, 5.74) is 1.99. The maximum absolute atomic E-state index is 5.56. The largest absolute Gasteiger partial charge is 0.381 e. The van der Waals surface area contributed by atoms with E-state index in [1.54, 1.807) is 6.20 Å². The van der Waals surface area contributed by atoms with Gasteiger partial charge in [0.1, 0.15) is 11.5 Å². The molecule has 0 radical (unpaired) electrons. The fourth-order valence-electron chi connectivity index (χ4n) is 3.25. The highest BCUT2D eigenvalue weighted by molar-refractivity contribution is 9.10. The predicted octanol–water partition coefficient (Wildman–Crippen LogP) is 3.10. The predicted molar refractivity (Wildman–Crippen MR) is 84.2 cm³/mol. The molecule has 2 aromatic rings. The second-order valence-corrected chi connectivity index (χ2v) is 6.40. The number of aromatic nitrogens is 3. The molecule has 21 heavy (non-hydrogen) atoms. The third-order valence-corrected chi connectivity index (χ3v) is 5.09. The lowest BCUT2D eigenvalue weighted by atomic mass is 9.95. The molecule has 110 valence electrons. The first kappa shape index (κ1) is 13.3. The minimum Gasteiger partial charge on any atom is -0.381 e. The van der Waals surface area contributed by atoms with Gasteiger partial charge in [0, 0.05) is 37.0 Å². The van der Waals surface area contributed by atoms with E-state index in [4.69, 9.17) is 9.84 Å². The number of ether oxygens (including phenoxy) is 1. The molecule has 1 N–H and O–H groups in total. The Morgan fingerprint density at radius 1 is 1.38 bits per heavy atom. The van der Waals surface area contributed by atoms with Crippen molar-refractivity contribution in [2.75, 3.05) is 25.1 Å². The van der Waals surface area contributed by atoms with Crippen LogP contribution in [0, 0.1) is 5.92 Å². The zero-order valence-electron chi connectivity index (χ0n) is 11.6. The van der Waals surface area contributed by atoms with Crippen LogP contribution >= 0.6 is 15.9 Å². The van der Waals surface area contributed by atoms with E-state index in [-0.39, 0.29) is 0 Å². The van der Waals surface area contributed by atoms with E-state index in [2.05, 4.69) is 30.9 Å². The highest BCUT2D eigenvalue weighted by Crippen LogP contribution is 2.41. The molecule has 2 unspecified atom stereocenters. The number of fused-ring (bicyclic) bond motifs is 1. The van der Waals surface area contributed by atoms with Crippen molar-refractivity contribution in [3.63, 3.8) is 0 Å². The van der Waals surface area contributed by atoms with E-state index < -0.39 is 0 Å². The molecule has 4 heterocycles. The minimum absolute atomic E-state index is 0.422. The molecule has 5 nitrogen and oxygen atoms in total. The third kappa shape index (κ3) is 2.26. The number of nitrogens with zero attached hydrogens (tertiary/aromatic N) is 3. The van der Waals surface area contributed by atoms with Crippen molar-refractivity contribution in [2.24, 2.45) is 5.92 Å². The first-order valence-electron chi connectivity index (χ1n) is 7.34. The Bertz CT molecular complexity index is 637. The lowest BCUT2D eigenvalue weighted by Crippen LogP contribution is -2.29. The zero-order chi connectivity index (χ0) is 14.2. The minimum atomic E-state index is 0.422. The molecule has 0 bridgehead atoms. The molecule has 1 saturated heterocycles. The molecule has 2 atom stereocenters. The van der Waals surface area contributed by atoms with Gasteiger partial charge in [-0.05, 0) is 40.9 Å². The molecule has 0 spiro atoms. The lowest BCUT2D eigenvalue weighted by molar-refractivity contribution is 0.167. The van der Waals surface area contributed by atoms with Crippen molar-refractivity contribution in [2.45, 2.75) is 18.9 Å². The second kappa shape index (κ2) is 5.42. The number of hydrogen-bond acceptors (Lipinski definition) is 4. The molecule has 4 rings (SSSR count). The Morgan fingerprint density at radius 3 is 3.10 bits per heavy atom. The first-order chi connectivity index (χ1) is 10.3. The van der Waals surface area contributed by atoms with Gasteiger partial charge in [-0.3, -0.25) is 4.98 Å². The molecule has 0 aromatic carbocycles. The molecular formula is C15H17BrN4O. The normalized spacial score (nSPS) is 24.6. The molecule has 2 aromatic heterocycles. The van der Waals surface area contributed by atoms with Gasteiger partial charge in [-0.2, -0.15) is 5.10 Å². The Morgan fingerprint density at radius 2 is 2.33 bits per heavy atom. The van der Waals surface area contributed by atoms with E-state index in [0.29, 0.717) is 12.0 Å². The van der Waals surface area contributed by atoms with Gasteiger partial charge >= 0.3 is 0 Å². The molecule has 0 amide bonds. The van der Waals surface area contributed by atoms with Crippen LogP contribution in [0.15, 0.2) is 29.0 Å². The maximum atomic E-state index is 5.56. The Balaban J connectivity index is 1.76. The summed E-state index contributed by atoms with van der Waals surface area (Å²) in [6.45, 7) is 2.71.